The molecular weight excluding hydrogens is 520 g/mol. The molecule has 1 heterocycles. The molecule has 5 rings (SSSR count). The van der Waals surface area contributed by atoms with Crippen LogP contribution in [0.3, 0.4) is 0 Å². The highest BCUT2D eigenvalue weighted by atomic mass is 16.4. The summed E-state index contributed by atoms with van der Waals surface area (Å²) in [6.07, 6.45) is 2.00. The zero-order valence-electron chi connectivity index (χ0n) is 22.0. The summed E-state index contributed by atoms with van der Waals surface area (Å²) in [4.78, 5) is 41.2. The first-order valence-electron chi connectivity index (χ1n) is 13.1. The van der Waals surface area contributed by atoms with E-state index in [2.05, 4.69) is 20.9 Å². The van der Waals surface area contributed by atoms with Crippen LogP contribution in [-0.4, -0.2) is 40.8 Å². The minimum atomic E-state index is -1.02. The van der Waals surface area contributed by atoms with Gasteiger partial charge in [0.1, 0.15) is 11.6 Å². The molecule has 5 aromatic rings. The number of carbonyl (C=O) groups excluding carboxylic acids is 2. The Balaban J connectivity index is 1.21. The van der Waals surface area contributed by atoms with E-state index in [-0.39, 0.29) is 23.8 Å². The minimum Gasteiger partial charge on any atom is -0.478 e. The van der Waals surface area contributed by atoms with E-state index in [1.54, 1.807) is 18.2 Å². The Morgan fingerprint density at radius 1 is 0.829 bits per heavy atom. The molecule has 0 fully saturated rings. The van der Waals surface area contributed by atoms with Gasteiger partial charge < -0.3 is 25.5 Å². The second-order valence-corrected chi connectivity index (χ2v) is 9.44. The number of carboxylic acids is 1. The lowest BCUT2D eigenvalue weighted by molar-refractivity contribution is -0.115. The number of Topliss-reactive ketones (excluding diaryl/α,β-unsaturated/α-hetero) is 1. The number of oxazole rings is 1. The zero-order valence-corrected chi connectivity index (χ0v) is 22.0. The molecule has 0 spiro atoms. The summed E-state index contributed by atoms with van der Waals surface area (Å²) in [5.41, 5.74) is 5.11. The van der Waals surface area contributed by atoms with Crippen LogP contribution < -0.4 is 16.0 Å². The summed E-state index contributed by atoms with van der Waals surface area (Å²) in [5, 5.41) is 18.2. The van der Waals surface area contributed by atoms with Crippen molar-refractivity contribution >= 4 is 40.1 Å². The van der Waals surface area contributed by atoms with E-state index in [1.807, 2.05) is 66.7 Å². The number of aromatic carboxylic acids is 1. The molecule has 1 aromatic heterocycles. The van der Waals surface area contributed by atoms with Gasteiger partial charge in [-0.3, -0.25) is 9.59 Å². The topological polar surface area (TPSA) is 134 Å². The Labute approximate surface area is 236 Å². The third-order valence-electron chi connectivity index (χ3n) is 6.54. The van der Waals surface area contributed by atoms with Crippen LogP contribution in [0.4, 0.5) is 11.4 Å². The van der Waals surface area contributed by atoms with Crippen molar-refractivity contribution in [3.05, 3.63) is 126 Å². The van der Waals surface area contributed by atoms with Gasteiger partial charge in [0, 0.05) is 16.9 Å². The van der Waals surface area contributed by atoms with Crippen LogP contribution in [-0.2, 0) is 11.2 Å². The molecule has 0 aliphatic rings. The van der Waals surface area contributed by atoms with Gasteiger partial charge in [-0.15, -0.1) is 0 Å². The van der Waals surface area contributed by atoms with Gasteiger partial charge in [-0.1, -0.05) is 42.5 Å². The Morgan fingerprint density at radius 2 is 1.63 bits per heavy atom. The number of rotatable bonds is 12. The normalized spacial score (nSPS) is 11.6. The molecule has 0 bridgehead atoms. The molecule has 0 aliphatic carbocycles. The van der Waals surface area contributed by atoms with E-state index in [0.29, 0.717) is 29.8 Å². The van der Waals surface area contributed by atoms with Crippen LogP contribution in [0.15, 0.2) is 108 Å². The van der Waals surface area contributed by atoms with Gasteiger partial charge >= 0.3 is 5.97 Å². The average Bonchev–Trinajstić information content (AvgIpc) is 3.47. The number of amides is 1. The van der Waals surface area contributed by atoms with E-state index in [1.165, 1.54) is 18.5 Å². The predicted molar refractivity (Wildman–Crippen MR) is 156 cm³/mol. The number of nitrogens with zero attached hydrogens (tertiary/aromatic N) is 1. The minimum absolute atomic E-state index is 0.0872. The van der Waals surface area contributed by atoms with Crippen LogP contribution in [0.2, 0.25) is 0 Å². The summed E-state index contributed by atoms with van der Waals surface area (Å²) in [5.74, 6) is -1.35. The maximum Gasteiger partial charge on any atom is 0.335 e. The summed E-state index contributed by atoms with van der Waals surface area (Å²) in [6, 6.07) is 27.9. The number of aromatic nitrogens is 1. The van der Waals surface area contributed by atoms with Crippen molar-refractivity contribution in [1.29, 1.82) is 0 Å². The van der Waals surface area contributed by atoms with Crippen molar-refractivity contribution in [1.82, 2.24) is 10.3 Å². The third kappa shape index (κ3) is 7.03. The maximum absolute atomic E-state index is 13.8. The largest absolute Gasteiger partial charge is 0.478 e. The fourth-order valence-corrected chi connectivity index (χ4v) is 4.44. The number of carbonyl (C=O) groups is 3. The van der Waals surface area contributed by atoms with Crippen molar-refractivity contribution < 1.29 is 23.9 Å². The molecule has 0 radical (unpaired) electrons. The van der Waals surface area contributed by atoms with Crippen LogP contribution in [0.1, 0.15) is 37.9 Å². The first-order valence-corrected chi connectivity index (χ1v) is 13.1. The van der Waals surface area contributed by atoms with Crippen molar-refractivity contribution in [3.8, 4) is 0 Å². The lowest BCUT2D eigenvalue weighted by Crippen LogP contribution is -2.29. The lowest BCUT2D eigenvalue weighted by Gasteiger charge is -2.20. The Morgan fingerprint density at radius 3 is 2.41 bits per heavy atom. The van der Waals surface area contributed by atoms with E-state index in [0.717, 1.165) is 22.3 Å². The highest BCUT2D eigenvalue weighted by molar-refractivity contribution is 6.02. The highest BCUT2D eigenvalue weighted by Crippen LogP contribution is 2.27. The van der Waals surface area contributed by atoms with Gasteiger partial charge in [0.2, 0.25) is 5.91 Å². The van der Waals surface area contributed by atoms with Crippen molar-refractivity contribution in [2.75, 3.05) is 23.7 Å². The fraction of sp³-hybridized carbons (Fsp3) is 0.125. The summed E-state index contributed by atoms with van der Waals surface area (Å²) in [7, 11) is 0. The lowest BCUT2D eigenvalue weighted by atomic mass is 9.95. The number of hydrogen-bond acceptors (Lipinski definition) is 7. The first-order chi connectivity index (χ1) is 20.0. The maximum atomic E-state index is 13.8. The molecular formula is C32H28N4O5. The Bertz CT molecular complexity index is 1660. The second-order valence-electron chi connectivity index (χ2n) is 9.44. The molecule has 0 saturated heterocycles. The average molecular weight is 549 g/mol. The van der Waals surface area contributed by atoms with Gasteiger partial charge in [0.15, 0.2) is 17.8 Å². The first kappa shape index (κ1) is 27.3. The number of fused-ring (bicyclic) bond motifs is 1. The molecule has 9 heteroatoms. The zero-order chi connectivity index (χ0) is 28.6. The predicted octanol–water partition coefficient (Wildman–Crippen LogP) is 5.33. The van der Waals surface area contributed by atoms with Crippen LogP contribution in [0.25, 0.3) is 11.1 Å². The van der Waals surface area contributed by atoms with Crippen LogP contribution >= 0.6 is 0 Å². The van der Waals surface area contributed by atoms with Crippen LogP contribution in [0, 0.1) is 0 Å². The number of para-hydroxylation sites is 1. The molecule has 0 aliphatic heterocycles. The van der Waals surface area contributed by atoms with E-state index >= 15 is 0 Å². The summed E-state index contributed by atoms with van der Waals surface area (Å²) < 4.78 is 5.47. The molecule has 4 aromatic carbocycles. The van der Waals surface area contributed by atoms with Crippen molar-refractivity contribution in [3.63, 3.8) is 0 Å². The Kier molecular flexibility index (Phi) is 8.46. The van der Waals surface area contributed by atoms with Gasteiger partial charge in [-0.05, 0) is 78.7 Å². The monoisotopic (exact) mass is 548 g/mol. The Hall–Kier alpha value is -5.28. The molecule has 1 amide bonds. The molecule has 9 nitrogen and oxygen atoms in total. The second kappa shape index (κ2) is 12.7. The van der Waals surface area contributed by atoms with E-state index < -0.39 is 12.0 Å². The standard InChI is InChI=1S/C32H28N4O5/c37-29(35-26-12-9-22(10-13-26)32(39)40)19-33-16-15-21-5-4-6-24(17-21)31(38)30(36-25-7-2-1-3-8-25)23-11-14-27-28(18-23)41-20-34-27/h1-14,17-18,20,30,33,36H,15-16,19H2,(H,35,37)(H,39,40). The van der Waals surface area contributed by atoms with Gasteiger partial charge in [0.05, 0.1) is 12.1 Å². The van der Waals surface area contributed by atoms with Crippen molar-refractivity contribution in [2.24, 2.45) is 0 Å². The number of carboxylic acid groups (broad SMARTS) is 1. The van der Waals surface area contributed by atoms with E-state index in [4.69, 9.17) is 9.52 Å². The molecule has 0 saturated carbocycles. The van der Waals surface area contributed by atoms with Gasteiger partial charge in [-0.2, -0.15) is 0 Å². The fourth-order valence-electron chi connectivity index (χ4n) is 4.44. The molecule has 1 atom stereocenters. The number of hydrogen-bond donors (Lipinski definition) is 4. The SMILES string of the molecule is O=C(CNCCc1cccc(C(=O)C(Nc2ccccc2)c2ccc3ncoc3c2)c1)Nc1ccc(C(=O)O)cc1. The third-order valence-corrected chi connectivity index (χ3v) is 6.54. The summed E-state index contributed by atoms with van der Waals surface area (Å²) in [6.45, 7) is 0.614. The van der Waals surface area contributed by atoms with E-state index in [9.17, 15) is 14.4 Å². The number of nitrogens with one attached hydrogen (secondary N) is 3. The molecule has 4 N–H and O–H groups in total. The van der Waals surface area contributed by atoms with Crippen molar-refractivity contribution in [2.45, 2.75) is 12.5 Å². The molecule has 41 heavy (non-hydrogen) atoms. The van der Waals surface area contributed by atoms with Crippen LogP contribution in [0.5, 0.6) is 0 Å². The highest BCUT2D eigenvalue weighted by Gasteiger charge is 2.23. The summed E-state index contributed by atoms with van der Waals surface area (Å²) >= 11 is 0. The number of anilines is 2. The number of ketones is 1. The van der Waals surface area contributed by atoms with Gasteiger partial charge in [0.25, 0.3) is 0 Å². The number of benzene rings is 4. The molecule has 206 valence electrons. The molecule has 1 unspecified atom stereocenters. The quantitative estimate of drug-likeness (QED) is 0.121. The van der Waals surface area contributed by atoms with Gasteiger partial charge in [-0.25, -0.2) is 9.78 Å². The smallest absolute Gasteiger partial charge is 0.335 e.